The van der Waals surface area contributed by atoms with E-state index in [4.69, 9.17) is 4.74 Å². The van der Waals surface area contributed by atoms with E-state index in [-0.39, 0.29) is 4.83 Å². The molecule has 0 radical (unpaired) electrons. The van der Waals surface area contributed by atoms with E-state index >= 15 is 0 Å². The predicted octanol–water partition coefficient (Wildman–Crippen LogP) is 4.55. The van der Waals surface area contributed by atoms with Crippen molar-refractivity contribution in [1.82, 2.24) is 0 Å². The molecule has 1 nitrogen and oxygen atoms in total. The lowest BCUT2D eigenvalue weighted by Crippen LogP contribution is -1.90. The molecule has 16 heavy (non-hydrogen) atoms. The number of rotatable bonds is 3. The molecule has 1 unspecified atom stereocenters. The largest absolute Gasteiger partial charge is 0.497 e. The number of methoxy groups -OCH3 is 1. The molecule has 0 amide bonds. The summed E-state index contributed by atoms with van der Waals surface area (Å²) in [7, 11) is 1.69. The van der Waals surface area contributed by atoms with Crippen LogP contribution in [0.4, 0.5) is 0 Å². The summed E-state index contributed by atoms with van der Waals surface area (Å²) in [5.41, 5.74) is 1.22. The van der Waals surface area contributed by atoms with E-state index in [0.29, 0.717) is 0 Å². The van der Waals surface area contributed by atoms with Gasteiger partial charge >= 0.3 is 0 Å². The average Bonchev–Trinajstić information content (AvgIpc) is 2.75. The number of alkyl halides is 1. The molecule has 0 aliphatic carbocycles. The van der Waals surface area contributed by atoms with Gasteiger partial charge in [-0.3, -0.25) is 0 Å². The number of hydrogen-bond donors (Lipinski definition) is 0. The smallest absolute Gasteiger partial charge is 0.119 e. The number of ether oxygens (including phenoxy) is 1. The number of thiophene rings is 1. The standard InChI is InChI=1S/C13H13BrOS/c1-9-6-7-12(16-9)13(14)10-4-3-5-11(8-10)15-2/h3-8,13H,1-2H3. The molecule has 0 aliphatic heterocycles. The molecule has 0 saturated carbocycles. The molecule has 0 saturated heterocycles. The first-order valence-corrected chi connectivity index (χ1v) is 6.78. The third-order valence-electron chi connectivity index (χ3n) is 2.40. The van der Waals surface area contributed by atoms with Crippen molar-refractivity contribution < 1.29 is 4.74 Å². The van der Waals surface area contributed by atoms with Crippen LogP contribution in [-0.4, -0.2) is 7.11 Å². The first-order valence-electron chi connectivity index (χ1n) is 5.05. The first kappa shape index (κ1) is 11.7. The Labute approximate surface area is 108 Å². The fraction of sp³-hybridized carbons (Fsp3) is 0.231. The summed E-state index contributed by atoms with van der Waals surface area (Å²) in [6.07, 6.45) is 0. The molecule has 2 rings (SSSR count). The Kier molecular flexibility index (Phi) is 3.66. The lowest BCUT2D eigenvalue weighted by atomic mass is 10.1. The maximum Gasteiger partial charge on any atom is 0.119 e. The van der Waals surface area contributed by atoms with Gasteiger partial charge in [0, 0.05) is 9.75 Å². The fourth-order valence-electron chi connectivity index (χ4n) is 1.55. The van der Waals surface area contributed by atoms with Crippen molar-refractivity contribution >= 4 is 27.3 Å². The van der Waals surface area contributed by atoms with E-state index in [1.54, 1.807) is 7.11 Å². The zero-order valence-corrected chi connectivity index (χ0v) is 11.6. The zero-order chi connectivity index (χ0) is 11.5. The van der Waals surface area contributed by atoms with E-state index in [2.05, 4.69) is 47.1 Å². The van der Waals surface area contributed by atoms with Crippen LogP contribution in [-0.2, 0) is 0 Å². The lowest BCUT2D eigenvalue weighted by molar-refractivity contribution is 0.414. The van der Waals surface area contributed by atoms with Crippen molar-refractivity contribution in [1.29, 1.82) is 0 Å². The number of halogens is 1. The molecule has 1 aromatic heterocycles. The molecule has 0 aliphatic rings. The second-order valence-electron chi connectivity index (χ2n) is 3.59. The van der Waals surface area contributed by atoms with Gasteiger partial charge in [-0.05, 0) is 36.8 Å². The monoisotopic (exact) mass is 296 g/mol. The number of hydrogen-bond acceptors (Lipinski definition) is 2. The Morgan fingerprint density at radius 3 is 2.69 bits per heavy atom. The van der Waals surface area contributed by atoms with Gasteiger partial charge in [-0.15, -0.1) is 11.3 Å². The third-order valence-corrected chi connectivity index (χ3v) is 4.79. The van der Waals surface area contributed by atoms with Crippen LogP contribution in [0, 0.1) is 6.92 Å². The zero-order valence-electron chi connectivity index (χ0n) is 9.24. The normalized spacial score (nSPS) is 12.4. The van der Waals surface area contributed by atoms with Crippen molar-refractivity contribution in [3.63, 3.8) is 0 Å². The second kappa shape index (κ2) is 5.02. The molecule has 1 heterocycles. The highest BCUT2D eigenvalue weighted by molar-refractivity contribution is 9.09. The van der Waals surface area contributed by atoms with Crippen molar-refractivity contribution in [2.75, 3.05) is 7.11 Å². The van der Waals surface area contributed by atoms with Crippen LogP contribution in [0.2, 0.25) is 0 Å². The highest BCUT2D eigenvalue weighted by Crippen LogP contribution is 2.36. The average molecular weight is 297 g/mol. The van der Waals surface area contributed by atoms with Gasteiger partial charge in [0.15, 0.2) is 0 Å². The maximum absolute atomic E-state index is 5.23. The molecule has 1 aromatic carbocycles. The Morgan fingerprint density at radius 1 is 1.25 bits per heavy atom. The summed E-state index contributed by atoms with van der Waals surface area (Å²) in [6, 6.07) is 12.5. The van der Waals surface area contributed by atoms with Crippen molar-refractivity contribution in [3.8, 4) is 5.75 Å². The van der Waals surface area contributed by atoms with Crippen molar-refractivity contribution in [2.24, 2.45) is 0 Å². The van der Waals surface area contributed by atoms with E-state index in [0.717, 1.165) is 5.75 Å². The maximum atomic E-state index is 5.23. The third kappa shape index (κ3) is 2.47. The Morgan fingerprint density at radius 2 is 2.06 bits per heavy atom. The quantitative estimate of drug-likeness (QED) is 0.755. The van der Waals surface area contributed by atoms with Crippen LogP contribution in [0.25, 0.3) is 0 Å². The SMILES string of the molecule is COc1cccc(C(Br)c2ccc(C)s2)c1. The summed E-state index contributed by atoms with van der Waals surface area (Å²) >= 11 is 5.54. The topological polar surface area (TPSA) is 9.23 Å². The summed E-state index contributed by atoms with van der Waals surface area (Å²) in [6.45, 7) is 2.12. The molecule has 0 fully saturated rings. The Bertz CT molecular complexity index is 478. The molecule has 1 atom stereocenters. The van der Waals surface area contributed by atoms with Crippen LogP contribution >= 0.6 is 27.3 Å². The minimum atomic E-state index is 0.251. The van der Waals surface area contributed by atoms with E-state index in [1.165, 1.54) is 15.3 Å². The molecule has 3 heteroatoms. The minimum Gasteiger partial charge on any atom is -0.497 e. The molecule has 2 aromatic rings. The molecular weight excluding hydrogens is 284 g/mol. The number of benzene rings is 1. The summed E-state index contributed by atoms with van der Waals surface area (Å²) in [4.78, 5) is 2.91. The Hall–Kier alpha value is -0.800. The molecular formula is C13H13BrOS. The van der Waals surface area contributed by atoms with Crippen LogP contribution in [0.15, 0.2) is 36.4 Å². The highest BCUT2D eigenvalue weighted by Gasteiger charge is 2.12. The molecule has 0 spiro atoms. The summed E-state index contributed by atoms with van der Waals surface area (Å²) in [5.74, 6) is 0.898. The van der Waals surface area contributed by atoms with Gasteiger partial charge in [0.2, 0.25) is 0 Å². The molecule has 0 bridgehead atoms. The van der Waals surface area contributed by atoms with Crippen molar-refractivity contribution in [3.05, 3.63) is 51.7 Å². The summed E-state index contributed by atoms with van der Waals surface area (Å²) in [5, 5.41) is 0. The van der Waals surface area contributed by atoms with Gasteiger partial charge in [-0.1, -0.05) is 28.1 Å². The second-order valence-corrected chi connectivity index (χ2v) is 5.82. The highest BCUT2D eigenvalue weighted by atomic mass is 79.9. The Balaban J connectivity index is 2.29. The van der Waals surface area contributed by atoms with Gasteiger partial charge in [0.05, 0.1) is 11.9 Å². The van der Waals surface area contributed by atoms with Crippen LogP contribution in [0.3, 0.4) is 0 Å². The van der Waals surface area contributed by atoms with Gasteiger partial charge in [-0.25, -0.2) is 0 Å². The lowest BCUT2D eigenvalue weighted by Gasteiger charge is -2.09. The first-order chi connectivity index (χ1) is 7.70. The van der Waals surface area contributed by atoms with E-state index in [1.807, 2.05) is 23.5 Å². The van der Waals surface area contributed by atoms with Gasteiger partial charge < -0.3 is 4.74 Å². The van der Waals surface area contributed by atoms with Gasteiger partial charge in [0.25, 0.3) is 0 Å². The van der Waals surface area contributed by atoms with E-state index in [9.17, 15) is 0 Å². The number of aryl methyl sites for hydroxylation is 1. The van der Waals surface area contributed by atoms with Crippen LogP contribution in [0.1, 0.15) is 20.1 Å². The minimum absolute atomic E-state index is 0.251. The van der Waals surface area contributed by atoms with Gasteiger partial charge in [-0.2, -0.15) is 0 Å². The molecule has 0 N–H and O–H groups in total. The van der Waals surface area contributed by atoms with Crippen molar-refractivity contribution in [2.45, 2.75) is 11.8 Å². The van der Waals surface area contributed by atoms with Crippen LogP contribution in [0.5, 0.6) is 5.75 Å². The predicted molar refractivity (Wildman–Crippen MR) is 72.8 cm³/mol. The van der Waals surface area contributed by atoms with Gasteiger partial charge in [0.1, 0.15) is 5.75 Å². The molecule has 84 valence electrons. The van der Waals surface area contributed by atoms with Crippen LogP contribution < -0.4 is 4.74 Å². The van der Waals surface area contributed by atoms with E-state index < -0.39 is 0 Å². The summed E-state index contributed by atoms with van der Waals surface area (Å²) < 4.78 is 5.23. The fourth-order valence-corrected chi connectivity index (χ4v) is 3.15.